The number of aryl methyl sites for hydroxylation is 1. The summed E-state index contributed by atoms with van der Waals surface area (Å²) in [6.45, 7) is 7.17. The van der Waals surface area contributed by atoms with E-state index < -0.39 is 0 Å². The van der Waals surface area contributed by atoms with Gasteiger partial charge < -0.3 is 10.2 Å². The molecule has 2 aromatic rings. The van der Waals surface area contributed by atoms with Crippen LogP contribution in [0.4, 0.5) is 5.69 Å². The molecule has 6 heteroatoms. The van der Waals surface area contributed by atoms with Crippen molar-refractivity contribution in [1.82, 2.24) is 9.88 Å². The van der Waals surface area contributed by atoms with Gasteiger partial charge in [0.2, 0.25) is 5.91 Å². The molecule has 0 aliphatic rings. The smallest absolute Gasteiger partial charge is 0.253 e. The van der Waals surface area contributed by atoms with E-state index in [1.165, 1.54) is 6.08 Å². The SMILES string of the molecule is CCN(CC)C(=O)c1ccc(NC(=O)/C=C/c2csc(C)n2)cc1. The van der Waals surface area contributed by atoms with E-state index in [0.717, 1.165) is 10.7 Å². The molecule has 1 N–H and O–H groups in total. The zero-order valence-corrected chi connectivity index (χ0v) is 14.9. The number of carbonyl (C=O) groups is 2. The van der Waals surface area contributed by atoms with Crippen molar-refractivity contribution in [2.24, 2.45) is 0 Å². The Hall–Kier alpha value is -2.47. The maximum atomic E-state index is 12.2. The highest BCUT2D eigenvalue weighted by Gasteiger charge is 2.12. The quantitative estimate of drug-likeness (QED) is 0.815. The van der Waals surface area contributed by atoms with Gasteiger partial charge in [0.05, 0.1) is 10.7 Å². The number of aromatic nitrogens is 1. The van der Waals surface area contributed by atoms with Crippen LogP contribution in [0.3, 0.4) is 0 Å². The summed E-state index contributed by atoms with van der Waals surface area (Å²) in [5, 5.41) is 5.62. The number of nitrogens with zero attached hydrogens (tertiary/aromatic N) is 2. The lowest BCUT2D eigenvalue weighted by Gasteiger charge is -2.18. The molecular formula is C18H21N3O2S. The van der Waals surface area contributed by atoms with Crippen molar-refractivity contribution in [3.05, 3.63) is 52.0 Å². The molecule has 2 rings (SSSR count). The number of benzene rings is 1. The summed E-state index contributed by atoms with van der Waals surface area (Å²) in [5.41, 5.74) is 2.04. The highest BCUT2D eigenvalue weighted by Crippen LogP contribution is 2.13. The zero-order chi connectivity index (χ0) is 17.5. The van der Waals surface area contributed by atoms with Crippen molar-refractivity contribution < 1.29 is 9.59 Å². The second kappa shape index (κ2) is 8.40. The van der Waals surface area contributed by atoms with Crippen molar-refractivity contribution in [1.29, 1.82) is 0 Å². The first-order chi connectivity index (χ1) is 11.5. The first-order valence-corrected chi connectivity index (χ1v) is 8.72. The van der Waals surface area contributed by atoms with Gasteiger partial charge in [-0.15, -0.1) is 11.3 Å². The highest BCUT2D eigenvalue weighted by molar-refractivity contribution is 7.09. The fourth-order valence-electron chi connectivity index (χ4n) is 2.19. The number of carbonyl (C=O) groups excluding carboxylic acids is 2. The first-order valence-electron chi connectivity index (χ1n) is 7.84. The van der Waals surface area contributed by atoms with Gasteiger partial charge in [-0.25, -0.2) is 4.98 Å². The minimum atomic E-state index is -0.233. The summed E-state index contributed by atoms with van der Waals surface area (Å²) in [5.74, 6) is -0.236. The summed E-state index contributed by atoms with van der Waals surface area (Å²) in [6, 6.07) is 6.92. The molecule has 0 bridgehead atoms. The Morgan fingerprint density at radius 3 is 2.42 bits per heavy atom. The Morgan fingerprint density at radius 1 is 1.21 bits per heavy atom. The largest absolute Gasteiger partial charge is 0.339 e. The monoisotopic (exact) mass is 343 g/mol. The van der Waals surface area contributed by atoms with E-state index in [1.807, 2.05) is 26.2 Å². The standard InChI is InChI=1S/C18H21N3O2S/c1-4-21(5-2)18(23)14-6-8-15(9-7-14)20-17(22)11-10-16-12-24-13(3)19-16/h6-12H,4-5H2,1-3H3,(H,20,22)/b11-10+. The average molecular weight is 343 g/mol. The summed E-state index contributed by atoms with van der Waals surface area (Å²) in [7, 11) is 0. The number of rotatable bonds is 6. The normalized spacial score (nSPS) is 10.8. The van der Waals surface area contributed by atoms with Crippen LogP contribution in [0.5, 0.6) is 0 Å². The second-order valence-corrected chi connectivity index (χ2v) is 6.23. The number of hydrogen-bond donors (Lipinski definition) is 1. The summed E-state index contributed by atoms with van der Waals surface area (Å²) >= 11 is 1.54. The van der Waals surface area contributed by atoms with Crippen molar-refractivity contribution in [3.8, 4) is 0 Å². The van der Waals surface area contributed by atoms with Crippen LogP contribution in [0, 0.1) is 6.92 Å². The summed E-state index contributed by atoms with van der Waals surface area (Å²) < 4.78 is 0. The molecule has 1 aromatic heterocycles. The fourth-order valence-corrected chi connectivity index (χ4v) is 2.77. The molecule has 5 nitrogen and oxygen atoms in total. The van der Waals surface area contributed by atoms with Crippen LogP contribution in [0.2, 0.25) is 0 Å². The fraction of sp³-hybridized carbons (Fsp3) is 0.278. The van der Waals surface area contributed by atoms with Crippen molar-refractivity contribution >= 4 is 34.9 Å². The van der Waals surface area contributed by atoms with Gasteiger partial charge in [0.15, 0.2) is 0 Å². The number of amides is 2. The van der Waals surface area contributed by atoms with Gasteiger partial charge in [-0.05, 0) is 51.1 Å². The van der Waals surface area contributed by atoms with Gasteiger partial charge in [-0.3, -0.25) is 9.59 Å². The molecule has 2 amide bonds. The Labute approximate surface area is 146 Å². The number of anilines is 1. The zero-order valence-electron chi connectivity index (χ0n) is 14.1. The van der Waals surface area contributed by atoms with E-state index in [9.17, 15) is 9.59 Å². The molecular weight excluding hydrogens is 322 g/mol. The van der Waals surface area contributed by atoms with E-state index in [-0.39, 0.29) is 11.8 Å². The Bertz CT molecular complexity index is 731. The van der Waals surface area contributed by atoms with Gasteiger partial charge >= 0.3 is 0 Å². The Kier molecular flexibility index (Phi) is 6.26. The molecule has 0 saturated carbocycles. The van der Waals surface area contributed by atoms with Crippen LogP contribution in [-0.2, 0) is 4.79 Å². The molecule has 0 saturated heterocycles. The number of thiazole rings is 1. The lowest BCUT2D eigenvalue weighted by molar-refractivity contribution is -0.111. The van der Waals surface area contributed by atoms with Gasteiger partial charge in [0.1, 0.15) is 0 Å². The molecule has 0 atom stereocenters. The minimum absolute atomic E-state index is 0.00308. The van der Waals surface area contributed by atoms with E-state index in [2.05, 4.69) is 10.3 Å². The highest BCUT2D eigenvalue weighted by atomic mass is 32.1. The van der Waals surface area contributed by atoms with Crippen LogP contribution < -0.4 is 5.32 Å². The van der Waals surface area contributed by atoms with Crippen LogP contribution in [-0.4, -0.2) is 34.8 Å². The topological polar surface area (TPSA) is 62.3 Å². The molecule has 0 fully saturated rings. The Morgan fingerprint density at radius 2 is 1.88 bits per heavy atom. The van der Waals surface area contributed by atoms with E-state index in [0.29, 0.717) is 24.3 Å². The molecule has 24 heavy (non-hydrogen) atoms. The molecule has 126 valence electrons. The van der Waals surface area contributed by atoms with Gasteiger partial charge in [0.25, 0.3) is 5.91 Å². The lowest BCUT2D eigenvalue weighted by atomic mass is 10.1. The number of hydrogen-bond acceptors (Lipinski definition) is 4. The van der Waals surface area contributed by atoms with E-state index >= 15 is 0 Å². The van der Waals surface area contributed by atoms with Crippen LogP contribution >= 0.6 is 11.3 Å². The molecule has 0 spiro atoms. The van der Waals surface area contributed by atoms with E-state index in [1.54, 1.807) is 46.6 Å². The van der Waals surface area contributed by atoms with Crippen molar-refractivity contribution in [3.63, 3.8) is 0 Å². The van der Waals surface area contributed by atoms with Crippen LogP contribution in [0.15, 0.2) is 35.7 Å². The number of nitrogens with one attached hydrogen (secondary N) is 1. The minimum Gasteiger partial charge on any atom is -0.339 e. The van der Waals surface area contributed by atoms with Crippen molar-refractivity contribution in [2.45, 2.75) is 20.8 Å². The molecule has 1 aromatic carbocycles. The van der Waals surface area contributed by atoms with Gasteiger partial charge in [-0.1, -0.05) is 0 Å². The molecule has 0 radical (unpaired) electrons. The molecule has 0 aliphatic heterocycles. The predicted octanol–water partition coefficient (Wildman–Crippen LogP) is 3.59. The molecule has 0 aliphatic carbocycles. The summed E-state index contributed by atoms with van der Waals surface area (Å²) in [6.07, 6.45) is 3.13. The van der Waals surface area contributed by atoms with Crippen molar-refractivity contribution in [2.75, 3.05) is 18.4 Å². The molecule has 1 heterocycles. The first kappa shape index (κ1) is 17.9. The lowest BCUT2D eigenvalue weighted by Crippen LogP contribution is -2.30. The van der Waals surface area contributed by atoms with Crippen LogP contribution in [0.25, 0.3) is 6.08 Å². The molecule has 0 unspecified atom stereocenters. The third-order valence-corrected chi connectivity index (χ3v) is 4.28. The van der Waals surface area contributed by atoms with E-state index in [4.69, 9.17) is 0 Å². The summed E-state index contributed by atoms with van der Waals surface area (Å²) in [4.78, 5) is 30.2. The maximum Gasteiger partial charge on any atom is 0.253 e. The Balaban J connectivity index is 1.97. The third-order valence-electron chi connectivity index (χ3n) is 3.49. The predicted molar refractivity (Wildman–Crippen MR) is 98.2 cm³/mol. The average Bonchev–Trinajstić information content (AvgIpc) is 3.00. The maximum absolute atomic E-state index is 12.2. The second-order valence-electron chi connectivity index (χ2n) is 5.17. The van der Waals surface area contributed by atoms with Gasteiger partial charge in [0, 0.05) is 35.8 Å². The third kappa shape index (κ3) is 4.76. The van der Waals surface area contributed by atoms with Crippen LogP contribution in [0.1, 0.15) is 34.9 Å². The van der Waals surface area contributed by atoms with Gasteiger partial charge in [-0.2, -0.15) is 0 Å².